The molecule has 0 bridgehead atoms. The van der Waals surface area contributed by atoms with Gasteiger partial charge in [0.15, 0.2) is 0 Å². The minimum Gasteiger partial charge on any atom is -0.302 e. The molecule has 2 atom stereocenters. The molecule has 2 unspecified atom stereocenters. The van der Waals surface area contributed by atoms with Crippen LogP contribution in [-0.2, 0) is 0 Å². The largest absolute Gasteiger partial charge is 0.302 e. The van der Waals surface area contributed by atoms with Gasteiger partial charge in [0.25, 0.3) is 0 Å². The first-order chi connectivity index (χ1) is 7.16. The maximum absolute atomic E-state index is 3.59. The summed E-state index contributed by atoms with van der Waals surface area (Å²) in [5.41, 5.74) is 4.22. The molecule has 82 valence electrons. The lowest BCUT2D eigenvalue weighted by Crippen LogP contribution is -2.29. The molecule has 0 amide bonds. The third kappa shape index (κ3) is 2.56. The molecule has 0 aliphatic carbocycles. The van der Waals surface area contributed by atoms with Crippen molar-refractivity contribution in [2.24, 2.45) is 0 Å². The van der Waals surface area contributed by atoms with Gasteiger partial charge in [0.05, 0.1) is 5.37 Å². The van der Waals surface area contributed by atoms with E-state index in [0.717, 1.165) is 11.8 Å². The Labute approximate surface area is 96.7 Å². The van der Waals surface area contributed by atoms with E-state index in [2.05, 4.69) is 44.3 Å². The van der Waals surface area contributed by atoms with Gasteiger partial charge >= 0.3 is 0 Å². The van der Waals surface area contributed by atoms with Crippen LogP contribution in [0.4, 0.5) is 0 Å². The van der Waals surface area contributed by atoms with Crippen molar-refractivity contribution in [3.63, 3.8) is 0 Å². The summed E-state index contributed by atoms with van der Waals surface area (Å²) in [6.45, 7) is 7.83. The quantitative estimate of drug-likeness (QED) is 0.780. The summed E-state index contributed by atoms with van der Waals surface area (Å²) in [6.07, 6.45) is 1.28. The van der Waals surface area contributed by atoms with Gasteiger partial charge in [0.2, 0.25) is 0 Å². The van der Waals surface area contributed by atoms with Crippen LogP contribution in [0.3, 0.4) is 0 Å². The first-order valence-electron chi connectivity index (χ1n) is 5.63. The van der Waals surface area contributed by atoms with Crippen molar-refractivity contribution >= 4 is 11.8 Å². The molecule has 2 heteroatoms. The number of rotatable bonds is 1. The van der Waals surface area contributed by atoms with Gasteiger partial charge in [-0.15, -0.1) is 11.8 Å². The van der Waals surface area contributed by atoms with Crippen molar-refractivity contribution in [2.75, 3.05) is 6.54 Å². The van der Waals surface area contributed by atoms with Crippen molar-refractivity contribution in [3.8, 4) is 0 Å². The highest BCUT2D eigenvalue weighted by molar-refractivity contribution is 8.00. The highest BCUT2D eigenvalue weighted by Gasteiger charge is 2.21. The van der Waals surface area contributed by atoms with Gasteiger partial charge < -0.3 is 5.32 Å². The van der Waals surface area contributed by atoms with Crippen LogP contribution in [0.2, 0.25) is 0 Å². The van der Waals surface area contributed by atoms with E-state index in [9.17, 15) is 0 Å². The van der Waals surface area contributed by atoms with Crippen LogP contribution in [0.25, 0.3) is 0 Å². The second-order valence-electron chi connectivity index (χ2n) is 4.43. The monoisotopic (exact) mass is 221 g/mol. The Hall–Kier alpha value is -0.470. The Morgan fingerprint density at radius 3 is 2.80 bits per heavy atom. The minimum absolute atomic E-state index is 0.495. The molecule has 1 fully saturated rings. The molecule has 1 nitrogen and oxygen atoms in total. The zero-order valence-electron chi connectivity index (χ0n) is 9.71. The summed E-state index contributed by atoms with van der Waals surface area (Å²) in [4.78, 5) is 0. The summed E-state index contributed by atoms with van der Waals surface area (Å²) < 4.78 is 0. The Morgan fingerprint density at radius 1 is 1.33 bits per heavy atom. The van der Waals surface area contributed by atoms with Gasteiger partial charge in [-0.05, 0) is 37.9 Å². The van der Waals surface area contributed by atoms with Crippen LogP contribution in [0, 0.1) is 13.8 Å². The van der Waals surface area contributed by atoms with Gasteiger partial charge in [-0.25, -0.2) is 0 Å². The van der Waals surface area contributed by atoms with Crippen molar-refractivity contribution in [3.05, 3.63) is 34.9 Å². The number of benzene rings is 1. The molecular weight excluding hydrogens is 202 g/mol. The molecule has 2 rings (SSSR count). The first kappa shape index (κ1) is 11.0. The summed E-state index contributed by atoms with van der Waals surface area (Å²) >= 11 is 2.05. The van der Waals surface area contributed by atoms with Crippen LogP contribution in [0.15, 0.2) is 18.2 Å². The fourth-order valence-electron chi connectivity index (χ4n) is 2.07. The highest BCUT2D eigenvalue weighted by atomic mass is 32.2. The van der Waals surface area contributed by atoms with E-state index in [-0.39, 0.29) is 0 Å². The average Bonchev–Trinajstić information content (AvgIpc) is 2.17. The van der Waals surface area contributed by atoms with Crippen LogP contribution in [0.5, 0.6) is 0 Å². The van der Waals surface area contributed by atoms with Crippen LogP contribution < -0.4 is 5.32 Å². The molecule has 0 aromatic heterocycles. The van der Waals surface area contributed by atoms with Crippen LogP contribution in [-0.4, -0.2) is 11.8 Å². The highest BCUT2D eigenvalue weighted by Crippen LogP contribution is 2.35. The molecule has 1 heterocycles. The maximum Gasteiger partial charge on any atom is 0.0794 e. The van der Waals surface area contributed by atoms with E-state index in [4.69, 9.17) is 0 Å². The molecule has 1 aliphatic heterocycles. The summed E-state index contributed by atoms with van der Waals surface area (Å²) in [6, 6.07) is 6.76. The van der Waals surface area contributed by atoms with E-state index >= 15 is 0 Å². The SMILES string of the molecule is Cc1ccc(C2NCCC(C)S2)c(C)c1. The minimum atomic E-state index is 0.495. The normalized spacial score (nSPS) is 26.6. The van der Waals surface area contributed by atoms with Gasteiger partial charge in [0.1, 0.15) is 0 Å². The molecule has 1 N–H and O–H groups in total. The lowest BCUT2D eigenvalue weighted by molar-refractivity contribution is 0.604. The van der Waals surface area contributed by atoms with Gasteiger partial charge in [-0.2, -0.15) is 0 Å². The van der Waals surface area contributed by atoms with E-state index in [1.54, 1.807) is 0 Å². The molecular formula is C13H19NS. The number of hydrogen-bond acceptors (Lipinski definition) is 2. The summed E-state index contributed by atoms with van der Waals surface area (Å²) in [5, 5.41) is 4.86. The fourth-order valence-corrected chi connectivity index (χ4v) is 3.41. The summed E-state index contributed by atoms with van der Waals surface area (Å²) in [7, 11) is 0. The second kappa shape index (κ2) is 4.58. The Morgan fingerprint density at radius 2 is 2.13 bits per heavy atom. The predicted octanol–water partition coefficient (Wildman–Crippen LogP) is 3.42. The van der Waals surface area contributed by atoms with Gasteiger partial charge in [-0.3, -0.25) is 0 Å². The molecule has 1 aromatic carbocycles. The third-order valence-electron chi connectivity index (χ3n) is 2.96. The molecule has 1 aromatic rings. The van der Waals surface area contributed by atoms with E-state index < -0.39 is 0 Å². The van der Waals surface area contributed by atoms with Gasteiger partial charge in [-0.1, -0.05) is 30.7 Å². The summed E-state index contributed by atoms with van der Waals surface area (Å²) in [5.74, 6) is 0. The van der Waals surface area contributed by atoms with Crippen LogP contribution in [0.1, 0.15) is 35.4 Å². The van der Waals surface area contributed by atoms with Gasteiger partial charge in [0, 0.05) is 5.25 Å². The van der Waals surface area contributed by atoms with E-state index in [1.807, 2.05) is 11.8 Å². The van der Waals surface area contributed by atoms with E-state index in [0.29, 0.717) is 5.37 Å². The third-order valence-corrected chi connectivity index (χ3v) is 4.35. The Bertz CT molecular complexity index is 348. The molecule has 0 radical (unpaired) electrons. The molecule has 1 aliphatic rings. The number of hydrogen-bond donors (Lipinski definition) is 1. The second-order valence-corrected chi connectivity index (χ2v) is 5.98. The lowest BCUT2D eigenvalue weighted by Gasteiger charge is -2.29. The molecule has 0 spiro atoms. The average molecular weight is 221 g/mol. The van der Waals surface area contributed by atoms with Crippen LogP contribution >= 0.6 is 11.8 Å². The Kier molecular flexibility index (Phi) is 3.37. The zero-order chi connectivity index (χ0) is 10.8. The van der Waals surface area contributed by atoms with Crippen molar-refractivity contribution < 1.29 is 0 Å². The standard InChI is InChI=1S/C13H19NS/c1-9-4-5-12(10(2)8-9)13-14-7-6-11(3)15-13/h4-5,8,11,13-14H,6-7H2,1-3H3. The predicted molar refractivity (Wildman–Crippen MR) is 68.3 cm³/mol. The fraction of sp³-hybridized carbons (Fsp3) is 0.538. The smallest absolute Gasteiger partial charge is 0.0794 e. The molecule has 15 heavy (non-hydrogen) atoms. The first-order valence-corrected chi connectivity index (χ1v) is 6.57. The van der Waals surface area contributed by atoms with Crippen molar-refractivity contribution in [2.45, 2.75) is 37.8 Å². The number of nitrogens with one attached hydrogen (secondary N) is 1. The topological polar surface area (TPSA) is 12.0 Å². The molecule has 1 saturated heterocycles. The molecule has 0 saturated carbocycles. The van der Waals surface area contributed by atoms with E-state index in [1.165, 1.54) is 23.1 Å². The lowest BCUT2D eigenvalue weighted by atomic mass is 10.1. The number of aryl methyl sites for hydroxylation is 2. The number of thioether (sulfide) groups is 1. The zero-order valence-corrected chi connectivity index (χ0v) is 10.5. The van der Waals surface area contributed by atoms with Crippen molar-refractivity contribution in [1.29, 1.82) is 0 Å². The Balaban J connectivity index is 2.21. The maximum atomic E-state index is 3.59. The van der Waals surface area contributed by atoms with Crippen molar-refractivity contribution in [1.82, 2.24) is 5.32 Å².